The number of hydrazone groups is 1. The van der Waals surface area contributed by atoms with Crippen molar-refractivity contribution in [3.05, 3.63) is 71.3 Å². The molecule has 1 N–H and O–H groups in total. The zero-order valence-electron chi connectivity index (χ0n) is 16.6. The molecule has 1 saturated heterocycles. The molecule has 1 heterocycles. The normalized spacial score (nSPS) is 15.3. The highest BCUT2D eigenvalue weighted by molar-refractivity contribution is 5.90. The van der Waals surface area contributed by atoms with Gasteiger partial charge in [0, 0.05) is 32.7 Å². The Hall–Kier alpha value is -3.03. The highest BCUT2D eigenvalue weighted by atomic mass is 16.5. The zero-order valence-corrected chi connectivity index (χ0v) is 16.6. The third-order valence-corrected chi connectivity index (χ3v) is 4.82. The summed E-state index contributed by atoms with van der Waals surface area (Å²) in [5, 5.41) is 3.99. The number of piperazine rings is 1. The smallest absolute Gasteiger partial charge is 0.337 e. The number of carbonyl (C=O) groups excluding carboxylic acids is 2. The van der Waals surface area contributed by atoms with Gasteiger partial charge in [0.05, 0.1) is 25.4 Å². The Bertz CT molecular complexity index is 829. The second-order valence-corrected chi connectivity index (χ2v) is 6.94. The molecule has 0 aromatic heterocycles. The first-order valence-corrected chi connectivity index (χ1v) is 9.63. The van der Waals surface area contributed by atoms with Crippen LogP contribution in [-0.4, -0.2) is 67.7 Å². The van der Waals surface area contributed by atoms with Crippen LogP contribution in [0.1, 0.15) is 21.5 Å². The van der Waals surface area contributed by atoms with Gasteiger partial charge in [-0.2, -0.15) is 5.10 Å². The van der Waals surface area contributed by atoms with Gasteiger partial charge in [0.2, 0.25) is 0 Å². The van der Waals surface area contributed by atoms with Crippen LogP contribution in [0.15, 0.2) is 59.7 Å². The molecule has 1 amide bonds. The Labute approximate surface area is 171 Å². The minimum Gasteiger partial charge on any atom is -0.465 e. The second kappa shape index (κ2) is 10.5. The Morgan fingerprint density at radius 2 is 1.66 bits per heavy atom. The van der Waals surface area contributed by atoms with E-state index in [1.807, 2.05) is 6.07 Å². The van der Waals surface area contributed by atoms with Crippen LogP contribution < -0.4 is 5.43 Å². The van der Waals surface area contributed by atoms with E-state index in [0.717, 1.165) is 38.3 Å². The summed E-state index contributed by atoms with van der Waals surface area (Å²) >= 11 is 0. The molecule has 29 heavy (non-hydrogen) atoms. The highest BCUT2D eigenvalue weighted by Gasteiger charge is 2.18. The number of nitrogens with one attached hydrogen (secondary N) is 1. The van der Waals surface area contributed by atoms with Crippen molar-refractivity contribution in [2.24, 2.45) is 5.10 Å². The molecule has 7 nitrogen and oxygen atoms in total. The van der Waals surface area contributed by atoms with Gasteiger partial charge in [-0.25, -0.2) is 10.2 Å². The molecule has 0 unspecified atom stereocenters. The average molecular weight is 394 g/mol. The molecule has 1 fully saturated rings. The summed E-state index contributed by atoms with van der Waals surface area (Å²) in [5.41, 5.74) is 5.13. The number of ether oxygens (including phenoxy) is 1. The average Bonchev–Trinajstić information content (AvgIpc) is 2.76. The van der Waals surface area contributed by atoms with Gasteiger partial charge in [-0.3, -0.25) is 14.6 Å². The Balaban J connectivity index is 1.38. The lowest BCUT2D eigenvalue weighted by atomic mass is 10.1. The summed E-state index contributed by atoms with van der Waals surface area (Å²) < 4.78 is 4.66. The second-order valence-electron chi connectivity index (χ2n) is 6.94. The van der Waals surface area contributed by atoms with Gasteiger partial charge in [-0.1, -0.05) is 42.5 Å². The van der Waals surface area contributed by atoms with Crippen molar-refractivity contribution < 1.29 is 14.3 Å². The van der Waals surface area contributed by atoms with Crippen LogP contribution >= 0.6 is 0 Å². The third kappa shape index (κ3) is 6.51. The number of hydrogen-bond donors (Lipinski definition) is 1. The summed E-state index contributed by atoms with van der Waals surface area (Å²) in [6.07, 6.45) is 1.55. The zero-order chi connectivity index (χ0) is 20.5. The third-order valence-electron chi connectivity index (χ3n) is 4.82. The van der Waals surface area contributed by atoms with E-state index in [9.17, 15) is 9.59 Å². The first-order valence-electron chi connectivity index (χ1n) is 9.63. The summed E-state index contributed by atoms with van der Waals surface area (Å²) in [7, 11) is 1.34. The SMILES string of the molecule is COC(=O)c1ccc(/C=N\NC(=O)CN2CCN(Cc3ccccc3)CC2)cc1. The highest BCUT2D eigenvalue weighted by Crippen LogP contribution is 2.08. The molecule has 7 heteroatoms. The minimum atomic E-state index is -0.384. The molecule has 0 aliphatic carbocycles. The molecule has 1 aliphatic heterocycles. The van der Waals surface area contributed by atoms with Crippen LogP contribution in [0.5, 0.6) is 0 Å². The van der Waals surface area contributed by atoms with Crippen molar-refractivity contribution in [2.75, 3.05) is 39.8 Å². The van der Waals surface area contributed by atoms with E-state index < -0.39 is 0 Å². The Morgan fingerprint density at radius 3 is 2.31 bits per heavy atom. The van der Waals surface area contributed by atoms with Crippen molar-refractivity contribution in [2.45, 2.75) is 6.54 Å². The number of carbonyl (C=O) groups is 2. The van der Waals surface area contributed by atoms with E-state index in [0.29, 0.717) is 12.1 Å². The molecular weight excluding hydrogens is 368 g/mol. The lowest BCUT2D eigenvalue weighted by molar-refractivity contribution is -0.122. The fraction of sp³-hybridized carbons (Fsp3) is 0.318. The summed E-state index contributed by atoms with van der Waals surface area (Å²) in [6, 6.07) is 17.2. The van der Waals surface area contributed by atoms with Crippen molar-refractivity contribution in [1.29, 1.82) is 0 Å². The minimum absolute atomic E-state index is 0.135. The molecule has 152 valence electrons. The van der Waals surface area contributed by atoms with E-state index in [4.69, 9.17) is 0 Å². The molecule has 3 rings (SSSR count). The number of nitrogens with zero attached hydrogens (tertiary/aromatic N) is 3. The van der Waals surface area contributed by atoms with Crippen LogP contribution in [-0.2, 0) is 16.1 Å². The van der Waals surface area contributed by atoms with Gasteiger partial charge in [-0.05, 0) is 23.3 Å². The Kier molecular flexibility index (Phi) is 7.49. The number of rotatable bonds is 7. The molecule has 1 aliphatic rings. The first kappa shape index (κ1) is 20.7. The van der Waals surface area contributed by atoms with Crippen molar-refractivity contribution in [1.82, 2.24) is 15.2 Å². The monoisotopic (exact) mass is 394 g/mol. The number of methoxy groups -OCH3 is 1. The fourth-order valence-corrected chi connectivity index (χ4v) is 3.19. The standard InChI is InChI=1S/C22H26N4O3/c1-29-22(28)20-9-7-18(8-10-20)15-23-24-21(27)17-26-13-11-25(12-14-26)16-19-5-3-2-4-6-19/h2-10,15H,11-14,16-17H2,1H3,(H,24,27)/b23-15-. The van der Waals surface area contributed by atoms with E-state index >= 15 is 0 Å². The van der Waals surface area contributed by atoms with Crippen LogP contribution in [0, 0.1) is 0 Å². The molecule has 2 aromatic carbocycles. The first-order chi connectivity index (χ1) is 14.1. The molecule has 0 bridgehead atoms. The predicted molar refractivity (Wildman–Crippen MR) is 112 cm³/mol. The van der Waals surface area contributed by atoms with E-state index in [2.05, 4.69) is 49.3 Å². The van der Waals surface area contributed by atoms with Crippen LogP contribution in [0.3, 0.4) is 0 Å². The maximum absolute atomic E-state index is 12.1. The number of amides is 1. The van der Waals surface area contributed by atoms with E-state index in [1.165, 1.54) is 12.7 Å². The van der Waals surface area contributed by atoms with Crippen LogP contribution in [0.2, 0.25) is 0 Å². The molecular formula is C22H26N4O3. The molecule has 0 radical (unpaired) electrons. The molecule has 0 spiro atoms. The van der Waals surface area contributed by atoms with Gasteiger partial charge in [0.1, 0.15) is 0 Å². The summed E-state index contributed by atoms with van der Waals surface area (Å²) in [6.45, 7) is 4.88. The quantitative estimate of drug-likeness (QED) is 0.440. The van der Waals surface area contributed by atoms with Gasteiger partial charge in [0.15, 0.2) is 0 Å². The van der Waals surface area contributed by atoms with Crippen LogP contribution in [0.25, 0.3) is 0 Å². The van der Waals surface area contributed by atoms with Gasteiger partial charge < -0.3 is 4.74 Å². The summed E-state index contributed by atoms with van der Waals surface area (Å²) in [4.78, 5) is 28.1. The molecule has 0 atom stereocenters. The van der Waals surface area contributed by atoms with E-state index in [1.54, 1.807) is 30.5 Å². The van der Waals surface area contributed by atoms with Crippen molar-refractivity contribution >= 4 is 18.1 Å². The van der Waals surface area contributed by atoms with E-state index in [-0.39, 0.29) is 11.9 Å². The number of benzene rings is 2. The summed E-state index contributed by atoms with van der Waals surface area (Å²) in [5.74, 6) is -0.519. The predicted octanol–water partition coefficient (Wildman–Crippen LogP) is 1.74. The van der Waals surface area contributed by atoms with Gasteiger partial charge >= 0.3 is 5.97 Å². The number of esters is 1. The lowest BCUT2D eigenvalue weighted by Crippen LogP contribution is -2.48. The van der Waals surface area contributed by atoms with Gasteiger partial charge in [-0.15, -0.1) is 0 Å². The fourth-order valence-electron chi connectivity index (χ4n) is 3.19. The van der Waals surface area contributed by atoms with Gasteiger partial charge in [0.25, 0.3) is 5.91 Å². The molecule has 0 saturated carbocycles. The maximum Gasteiger partial charge on any atom is 0.337 e. The molecule has 2 aromatic rings. The van der Waals surface area contributed by atoms with Crippen molar-refractivity contribution in [3.8, 4) is 0 Å². The Morgan fingerprint density at radius 1 is 1.00 bits per heavy atom. The van der Waals surface area contributed by atoms with Crippen LogP contribution in [0.4, 0.5) is 0 Å². The lowest BCUT2D eigenvalue weighted by Gasteiger charge is -2.34. The largest absolute Gasteiger partial charge is 0.465 e. The van der Waals surface area contributed by atoms with Crippen molar-refractivity contribution in [3.63, 3.8) is 0 Å². The maximum atomic E-state index is 12.1. The topological polar surface area (TPSA) is 74.2 Å². The number of hydrogen-bond acceptors (Lipinski definition) is 6.